The van der Waals surface area contributed by atoms with Gasteiger partial charge in [0.15, 0.2) is 0 Å². The number of hydrogen-bond donors (Lipinski definition) is 0. The molecule has 0 aliphatic heterocycles. The smallest absolute Gasteiger partial charge is 0.0210 e. The van der Waals surface area contributed by atoms with Gasteiger partial charge in [-0.25, -0.2) is 0 Å². The second-order valence-electron chi connectivity index (χ2n) is 3.70. The Kier molecular flexibility index (Phi) is 5.50. The van der Waals surface area contributed by atoms with Crippen LogP contribution in [-0.4, -0.2) is 0 Å². The molecule has 0 amide bonds. The standard InChI is InChI=1S/C14H17Br/c1-3-4-5-6-7-8-13-10-9-12(2)11-14(13)15/h9-11H,3-4,7-8H2,1-2H3. The molecule has 0 atom stereocenters. The third-order valence-electron chi connectivity index (χ3n) is 2.23. The maximum atomic E-state index is 3.58. The Morgan fingerprint density at radius 1 is 1.20 bits per heavy atom. The van der Waals surface area contributed by atoms with Crippen LogP contribution < -0.4 is 0 Å². The second kappa shape index (κ2) is 6.69. The molecule has 0 aliphatic carbocycles. The minimum absolute atomic E-state index is 0.960. The lowest BCUT2D eigenvalue weighted by molar-refractivity contribution is 0.972. The monoisotopic (exact) mass is 264 g/mol. The average Bonchev–Trinajstić information content (AvgIpc) is 2.20. The minimum atomic E-state index is 0.960. The minimum Gasteiger partial charge on any atom is -0.103 e. The Balaban J connectivity index is 2.48. The summed E-state index contributed by atoms with van der Waals surface area (Å²) in [4.78, 5) is 0. The summed E-state index contributed by atoms with van der Waals surface area (Å²) in [5.41, 5.74) is 2.65. The van der Waals surface area contributed by atoms with Gasteiger partial charge in [-0.15, -0.1) is 11.8 Å². The van der Waals surface area contributed by atoms with Gasteiger partial charge in [0.1, 0.15) is 0 Å². The summed E-state index contributed by atoms with van der Waals surface area (Å²) >= 11 is 3.58. The molecule has 0 aromatic heterocycles. The molecule has 0 fully saturated rings. The van der Waals surface area contributed by atoms with Crippen LogP contribution in [0.25, 0.3) is 0 Å². The molecule has 1 rings (SSSR count). The normalized spacial score (nSPS) is 9.53. The SMILES string of the molecule is CCCC#CCCc1ccc(C)cc1Br. The van der Waals surface area contributed by atoms with Gasteiger partial charge in [-0.1, -0.05) is 35.0 Å². The van der Waals surface area contributed by atoms with E-state index >= 15 is 0 Å². The van der Waals surface area contributed by atoms with E-state index in [9.17, 15) is 0 Å². The lowest BCUT2D eigenvalue weighted by Crippen LogP contribution is -1.86. The molecule has 1 aromatic carbocycles. The molecular weight excluding hydrogens is 248 g/mol. The van der Waals surface area contributed by atoms with Crippen LogP contribution in [0, 0.1) is 18.8 Å². The van der Waals surface area contributed by atoms with Crippen molar-refractivity contribution in [1.29, 1.82) is 0 Å². The Hall–Kier alpha value is -0.740. The summed E-state index contributed by atoms with van der Waals surface area (Å²) in [6, 6.07) is 6.50. The maximum Gasteiger partial charge on any atom is 0.0210 e. The van der Waals surface area contributed by atoms with E-state index in [1.807, 2.05) is 0 Å². The van der Waals surface area contributed by atoms with Gasteiger partial charge in [0.05, 0.1) is 0 Å². The molecule has 0 unspecified atom stereocenters. The number of hydrogen-bond acceptors (Lipinski definition) is 0. The van der Waals surface area contributed by atoms with E-state index in [4.69, 9.17) is 0 Å². The zero-order chi connectivity index (χ0) is 11.1. The van der Waals surface area contributed by atoms with Crippen molar-refractivity contribution in [2.24, 2.45) is 0 Å². The van der Waals surface area contributed by atoms with E-state index in [0.29, 0.717) is 0 Å². The maximum absolute atomic E-state index is 3.58. The van der Waals surface area contributed by atoms with Gasteiger partial charge in [0.25, 0.3) is 0 Å². The summed E-state index contributed by atoms with van der Waals surface area (Å²) in [6.07, 6.45) is 4.18. The van der Waals surface area contributed by atoms with Crippen molar-refractivity contribution in [3.05, 3.63) is 33.8 Å². The first-order valence-corrected chi connectivity index (χ1v) is 6.24. The van der Waals surface area contributed by atoms with Crippen molar-refractivity contribution >= 4 is 15.9 Å². The van der Waals surface area contributed by atoms with Gasteiger partial charge in [-0.05, 0) is 37.0 Å². The Bertz CT molecular complexity index is 369. The number of unbranched alkanes of at least 4 members (excludes halogenated alkanes) is 1. The number of rotatable bonds is 3. The average molecular weight is 265 g/mol. The summed E-state index contributed by atoms with van der Waals surface area (Å²) in [6.45, 7) is 4.26. The molecule has 80 valence electrons. The molecule has 1 aromatic rings. The lowest BCUT2D eigenvalue weighted by atomic mass is 10.1. The van der Waals surface area contributed by atoms with Crippen molar-refractivity contribution in [1.82, 2.24) is 0 Å². The Morgan fingerprint density at radius 3 is 2.60 bits per heavy atom. The topological polar surface area (TPSA) is 0 Å². The number of benzene rings is 1. The predicted octanol–water partition coefficient (Wildman–Crippen LogP) is 4.49. The molecule has 15 heavy (non-hydrogen) atoms. The van der Waals surface area contributed by atoms with Crippen molar-refractivity contribution in [2.75, 3.05) is 0 Å². The van der Waals surface area contributed by atoms with Crippen LogP contribution in [0.4, 0.5) is 0 Å². The van der Waals surface area contributed by atoms with Gasteiger partial charge in [-0.3, -0.25) is 0 Å². The Morgan fingerprint density at radius 2 is 1.93 bits per heavy atom. The van der Waals surface area contributed by atoms with Crippen molar-refractivity contribution in [3.8, 4) is 11.8 Å². The molecule has 0 heterocycles. The number of halogens is 1. The molecule has 0 nitrogen and oxygen atoms in total. The third kappa shape index (κ3) is 4.53. The van der Waals surface area contributed by atoms with Crippen LogP contribution in [0.5, 0.6) is 0 Å². The van der Waals surface area contributed by atoms with Crippen LogP contribution in [0.2, 0.25) is 0 Å². The third-order valence-corrected chi connectivity index (χ3v) is 2.97. The summed E-state index contributed by atoms with van der Waals surface area (Å²) < 4.78 is 1.21. The Labute approximate surface area is 101 Å². The van der Waals surface area contributed by atoms with E-state index in [-0.39, 0.29) is 0 Å². The lowest BCUT2D eigenvalue weighted by Gasteiger charge is -2.02. The van der Waals surface area contributed by atoms with Gasteiger partial charge in [0.2, 0.25) is 0 Å². The second-order valence-corrected chi connectivity index (χ2v) is 4.55. The highest BCUT2D eigenvalue weighted by molar-refractivity contribution is 9.10. The predicted molar refractivity (Wildman–Crippen MR) is 69.9 cm³/mol. The quantitative estimate of drug-likeness (QED) is 0.706. The highest BCUT2D eigenvalue weighted by Gasteiger charge is 1.98. The molecule has 0 saturated carbocycles. The van der Waals surface area contributed by atoms with Crippen molar-refractivity contribution < 1.29 is 0 Å². The van der Waals surface area contributed by atoms with E-state index in [0.717, 1.165) is 25.7 Å². The highest BCUT2D eigenvalue weighted by Crippen LogP contribution is 2.19. The first-order chi connectivity index (χ1) is 7.24. The number of aryl methyl sites for hydroxylation is 2. The molecular formula is C14H17Br. The molecule has 0 bridgehead atoms. The van der Waals surface area contributed by atoms with Crippen molar-refractivity contribution in [3.63, 3.8) is 0 Å². The summed E-state index contributed by atoms with van der Waals surface area (Å²) in [7, 11) is 0. The van der Waals surface area contributed by atoms with Gasteiger partial charge < -0.3 is 0 Å². The zero-order valence-corrected chi connectivity index (χ0v) is 11.0. The van der Waals surface area contributed by atoms with Crippen molar-refractivity contribution in [2.45, 2.75) is 39.5 Å². The molecule has 0 N–H and O–H groups in total. The fourth-order valence-electron chi connectivity index (χ4n) is 1.35. The molecule has 0 aliphatic rings. The summed E-state index contributed by atoms with van der Waals surface area (Å²) in [5.74, 6) is 6.38. The fraction of sp³-hybridized carbons (Fsp3) is 0.429. The molecule has 0 spiro atoms. The first kappa shape index (κ1) is 12.3. The molecule has 1 heteroatoms. The zero-order valence-electron chi connectivity index (χ0n) is 9.44. The van der Waals surface area contributed by atoms with E-state index < -0.39 is 0 Å². The molecule has 0 radical (unpaired) electrons. The van der Waals surface area contributed by atoms with E-state index in [1.54, 1.807) is 0 Å². The van der Waals surface area contributed by atoms with E-state index in [2.05, 4.69) is 59.8 Å². The van der Waals surface area contributed by atoms with Crippen LogP contribution in [0.15, 0.2) is 22.7 Å². The van der Waals surface area contributed by atoms with Crippen LogP contribution in [-0.2, 0) is 6.42 Å². The van der Waals surface area contributed by atoms with E-state index in [1.165, 1.54) is 15.6 Å². The van der Waals surface area contributed by atoms with Crippen LogP contribution in [0.3, 0.4) is 0 Å². The fourth-order valence-corrected chi connectivity index (χ4v) is 2.05. The van der Waals surface area contributed by atoms with Gasteiger partial charge in [-0.2, -0.15) is 0 Å². The van der Waals surface area contributed by atoms with Gasteiger partial charge >= 0.3 is 0 Å². The highest BCUT2D eigenvalue weighted by atomic mass is 79.9. The van der Waals surface area contributed by atoms with Crippen LogP contribution >= 0.6 is 15.9 Å². The van der Waals surface area contributed by atoms with Gasteiger partial charge in [0, 0.05) is 17.3 Å². The molecule has 0 saturated heterocycles. The summed E-state index contributed by atoms with van der Waals surface area (Å²) in [5, 5.41) is 0. The van der Waals surface area contributed by atoms with Crippen LogP contribution in [0.1, 0.15) is 37.3 Å². The largest absolute Gasteiger partial charge is 0.103 e. The first-order valence-electron chi connectivity index (χ1n) is 5.44.